The molecule has 0 spiro atoms. The van der Waals surface area contributed by atoms with Crippen molar-refractivity contribution in [3.63, 3.8) is 0 Å². The van der Waals surface area contributed by atoms with E-state index < -0.39 is 5.95 Å². The molecule has 1 aromatic rings. The van der Waals surface area contributed by atoms with Gasteiger partial charge in [0.05, 0.1) is 0 Å². The molecule has 0 aromatic carbocycles. The van der Waals surface area contributed by atoms with Crippen molar-refractivity contribution in [1.82, 2.24) is 4.98 Å². The second-order valence-electron chi connectivity index (χ2n) is 3.74. The van der Waals surface area contributed by atoms with Crippen molar-refractivity contribution in [1.29, 1.82) is 0 Å². The van der Waals surface area contributed by atoms with E-state index >= 15 is 0 Å². The van der Waals surface area contributed by atoms with Crippen molar-refractivity contribution in [3.05, 3.63) is 48.1 Å². The topological polar surface area (TPSA) is 12.9 Å². The average Bonchev–Trinajstić information content (AvgIpc) is 2.17. The van der Waals surface area contributed by atoms with Crippen LogP contribution in [0.25, 0.3) is 5.57 Å². The summed E-state index contributed by atoms with van der Waals surface area (Å²) in [6.45, 7) is 6.19. The van der Waals surface area contributed by atoms with Crippen molar-refractivity contribution in [2.75, 3.05) is 0 Å². The molecule has 15 heavy (non-hydrogen) atoms. The number of halogens is 1. The lowest BCUT2D eigenvalue weighted by Crippen LogP contribution is -1.89. The Hall–Kier alpha value is -1.44. The van der Waals surface area contributed by atoms with Gasteiger partial charge in [0, 0.05) is 6.20 Å². The smallest absolute Gasteiger partial charge is 0.212 e. The lowest BCUT2D eigenvalue weighted by atomic mass is 10.0. The molecule has 2 heteroatoms. The molecule has 0 atom stereocenters. The molecule has 1 aromatic heterocycles. The van der Waals surface area contributed by atoms with Crippen LogP contribution in [-0.2, 0) is 0 Å². The molecule has 0 saturated carbocycles. The highest BCUT2D eigenvalue weighted by Gasteiger charge is 2.00. The van der Waals surface area contributed by atoms with Crippen LogP contribution in [0.2, 0.25) is 0 Å². The first-order valence-electron chi connectivity index (χ1n) is 5.10. The number of hydrogen-bond acceptors (Lipinski definition) is 1. The summed E-state index contributed by atoms with van der Waals surface area (Å²) in [5.74, 6) is 0.0179. The van der Waals surface area contributed by atoms with Crippen molar-refractivity contribution in [3.8, 4) is 0 Å². The highest BCUT2D eigenvalue weighted by atomic mass is 19.1. The molecule has 0 amide bonds. The molecule has 0 bridgehead atoms. The molecular weight excluding hydrogens is 189 g/mol. The van der Waals surface area contributed by atoms with E-state index in [1.807, 2.05) is 19.1 Å². The summed E-state index contributed by atoms with van der Waals surface area (Å²) >= 11 is 0. The van der Waals surface area contributed by atoms with Crippen LogP contribution in [0.5, 0.6) is 0 Å². The van der Waals surface area contributed by atoms with Crippen LogP contribution in [-0.4, -0.2) is 4.98 Å². The van der Waals surface area contributed by atoms with E-state index in [9.17, 15) is 4.39 Å². The molecule has 0 fully saturated rings. The predicted molar refractivity (Wildman–Crippen MR) is 61.8 cm³/mol. The van der Waals surface area contributed by atoms with Gasteiger partial charge in [0.2, 0.25) is 5.95 Å². The van der Waals surface area contributed by atoms with Crippen LogP contribution in [0.4, 0.5) is 4.39 Å². The van der Waals surface area contributed by atoms with Crippen LogP contribution in [0.1, 0.15) is 26.3 Å². The Bertz CT molecular complexity index is 361. The summed E-state index contributed by atoms with van der Waals surface area (Å²) in [7, 11) is 0. The van der Waals surface area contributed by atoms with E-state index in [1.54, 1.807) is 12.3 Å². The largest absolute Gasteiger partial charge is 0.228 e. The SMILES string of the molecule is CC=CC(=CC(C)C)c1ccc(F)nc1. The zero-order valence-corrected chi connectivity index (χ0v) is 9.37. The third-order valence-corrected chi connectivity index (χ3v) is 1.92. The monoisotopic (exact) mass is 205 g/mol. The Morgan fingerprint density at radius 3 is 2.60 bits per heavy atom. The summed E-state index contributed by atoms with van der Waals surface area (Å²) in [6, 6.07) is 3.13. The predicted octanol–water partition coefficient (Wildman–Crippen LogP) is 3.84. The van der Waals surface area contributed by atoms with Crippen molar-refractivity contribution in [2.24, 2.45) is 5.92 Å². The van der Waals surface area contributed by atoms with E-state index in [2.05, 4.69) is 24.9 Å². The molecule has 0 aliphatic carbocycles. The number of hydrogen-bond donors (Lipinski definition) is 0. The fourth-order valence-electron chi connectivity index (χ4n) is 1.33. The van der Waals surface area contributed by atoms with E-state index in [0.29, 0.717) is 5.92 Å². The number of rotatable bonds is 3. The van der Waals surface area contributed by atoms with E-state index in [1.165, 1.54) is 6.07 Å². The van der Waals surface area contributed by atoms with E-state index in [4.69, 9.17) is 0 Å². The lowest BCUT2D eigenvalue weighted by Gasteiger charge is -2.04. The van der Waals surface area contributed by atoms with Gasteiger partial charge in [-0.1, -0.05) is 32.1 Å². The average molecular weight is 205 g/mol. The minimum atomic E-state index is -0.442. The molecular formula is C13H16FN. The Labute approximate surface area is 90.4 Å². The number of nitrogens with zero attached hydrogens (tertiary/aromatic N) is 1. The highest BCUT2D eigenvalue weighted by molar-refractivity contribution is 5.73. The highest BCUT2D eigenvalue weighted by Crippen LogP contribution is 2.17. The number of pyridine rings is 1. The van der Waals surface area contributed by atoms with Crippen molar-refractivity contribution in [2.45, 2.75) is 20.8 Å². The second-order valence-corrected chi connectivity index (χ2v) is 3.74. The third-order valence-electron chi connectivity index (χ3n) is 1.92. The Balaban J connectivity index is 3.04. The van der Waals surface area contributed by atoms with Gasteiger partial charge in [-0.3, -0.25) is 0 Å². The van der Waals surface area contributed by atoms with Crippen molar-refractivity contribution < 1.29 is 4.39 Å². The Kier molecular flexibility index (Phi) is 4.22. The fourth-order valence-corrected chi connectivity index (χ4v) is 1.33. The molecule has 0 aliphatic rings. The van der Waals surface area contributed by atoms with E-state index in [-0.39, 0.29) is 0 Å². The zero-order valence-electron chi connectivity index (χ0n) is 9.37. The normalized spacial score (nSPS) is 12.7. The summed E-state index contributed by atoms with van der Waals surface area (Å²) in [5.41, 5.74) is 2.03. The molecule has 0 saturated heterocycles. The molecule has 1 rings (SSSR count). The van der Waals surface area contributed by atoms with Crippen LogP contribution >= 0.6 is 0 Å². The standard InChI is InChI=1S/C13H16FN/c1-4-5-11(8-10(2)3)12-6-7-13(14)15-9-12/h4-10H,1-3H3. The van der Waals surface area contributed by atoms with Crippen LogP contribution in [0.15, 0.2) is 36.6 Å². The van der Waals surface area contributed by atoms with Gasteiger partial charge in [-0.05, 0) is 36.1 Å². The molecule has 0 N–H and O–H groups in total. The maximum Gasteiger partial charge on any atom is 0.212 e. The minimum Gasteiger partial charge on any atom is -0.228 e. The summed E-state index contributed by atoms with van der Waals surface area (Å²) in [6.07, 6.45) is 7.67. The van der Waals surface area contributed by atoms with Gasteiger partial charge < -0.3 is 0 Å². The quantitative estimate of drug-likeness (QED) is 0.539. The maximum atomic E-state index is 12.6. The van der Waals surface area contributed by atoms with Gasteiger partial charge in [0.1, 0.15) is 0 Å². The van der Waals surface area contributed by atoms with Crippen LogP contribution < -0.4 is 0 Å². The Morgan fingerprint density at radius 1 is 1.40 bits per heavy atom. The zero-order chi connectivity index (χ0) is 11.3. The molecule has 0 unspecified atom stereocenters. The van der Waals surface area contributed by atoms with Gasteiger partial charge in [0.25, 0.3) is 0 Å². The lowest BCUT2D eigenvalue weighted by molar-refractivity contribution is 0.583. The second kappa shape index (κ2) is 5.44. The van der Waals surface area contributed by atoms with Crippen LogP contribution in [0, 0.1) is 11.9 Å². The summed E-state index contributed by atoms with van der Waals surface area (Å²) in [4.78, 5) is 3.65. The van der Waals surface area contributed by atoms with E-state index in [0.717, 1.165) is 11.1 Å². The van der Waals surface area contributed by atoms with Gasteiger partial charge in [-0.2, -0.15) is 4.39 Å². The first-order valence-corrected chi connectivity index (χ1v) is 5.10. The minimum absolute atomic E-state index is 0.442. The van der Waals surface area contributed by atoms with Crippen LogP contribution in [0.3, 0.4) is 0 Å². The van der Waals surface area contributed by atoms with Gasteiger partial charge in [-0.15, -0.1) is 0 Å². The molecule has 0 radical (unpaired) electrons. The van der Waals surface area contributed by atoms with Gasteiger partial charge >= 0.3 is 0 Å². The fraction of sp³-hybridized carbons (Fsp3) is 0.308. The summed E-state index contributed by atoms with van der Waals surface area (Å²) < 4.78 is 12.6. The summed E-state index contributed by atoms with van der Waals surface area (Å²) in [5, 5.41) is 0. The first kappa shape index (κ1) is 11.6. The van der Waals surface area contributed by atoms with Gasteiger partial charge in [-0.25, -0.2) is 4.98 Å². The third kappa shape index (κ3) is 3.66. The molecule has 1 nitrogen and oxygen atoms in total. The first-order chi connectivity index (χ1) is 7.13. The molecule has 1 heterocycles. The number of allylic oxidation sites excluding steroid dienone is 4. The number of aromatic nitrogens is 1. The molecule has 80 valence electrons. The van der Waals surface area contributed by atoms with Crippen molar-refractivity contribution >= 4 is 5.57 Å². The molecule has 0 aliphatic heterocycles. The Morgan fingerprint density at radius 2 is 2.13 bits per heavy atom. The maximum absolute atomic E-state index is 12.6. The van der Waals surface area contributed by atoms with Gasteiger partial charge in [0.15, 0.2) is 0 Å².